The van der Waals surface area contributed by atoms with Gasteiger partial charge in [-0.25, -0.2) is 14.1 Å². The highest BCUT2D eigenvalue weighted by Gasteiger charge is 2.37. The fourth-order valence-corrected chi connectivity index (χ4v) is 4.70. The molecule has 0 aromatic heterocycles. The molecule has 0 bridgehead atoms. The van der Waals surface area contributed by atoms with Crippen LogP contribution in [0.5, 0.6) is 11.5 Å². The molecule has 1 heterocycles. The molecule has 0 unspecified atom stereocenters. The van der Waals surface area contributed by atoms with E-state index in [1.54, 1.807) is 48.5 Å². The lowest BCUT2D eigenvalue weighted by Gasteiger charge is -2.26. The molecule has 4 aromatic carbocycles. The Bertz CT molecular complexity index is 1650. The number of barbiturate groups is 1. The van der Waals surface area contributed by atoms with Crippen LogP contribution in [-0.2, 0) is 22.6 Å². The van der Waals surface area contributed by atoms with Crippen LogP contribution in [-0.4, -0.2) is 25.0 Å². The second-order valence-corrected chi connectivity index (χ2v) is 9.62. The third-order valence-electron chi connectivity index (χ3n) is 6.42. The summed E-state index contributed by atoms with van der Waals surface area (Å²) < 4.78 is 25.0. The Hall–Kier alpha value is -4.95. The standard InChI is InChI=1S/C32H24ClFN2O5/c1-40-29-18-22(17-28(33)26(29)15-21-8-5-9-23(34)14-21)16-27-30(37)35-32(39)36(31(27)38)24-10-12-25(13-11-24)41-19-20-6-3-2-4-7-20/h2-14,16-18H,15,19H2,1H3,(H,35,37,39)/b27-16+. The average molecular weight is 571 g/mol. The fraction of sp³-hybridized carbons (Fsp3) is 0.0938. The highest BCUT2D eigenvalue weighted by Crippen LogP contribution is 2.33. The van der Waals surface area contributed by atoms with Crippen molar-refractivity contribution >= 4 is 41.2 Å². The van der Waals surface area contributed by atoms with Gasteiger partial charge in [-0.1, -0.05) is 54.1 Å². The van der Waals surface area contributed by atoms with Crippen molar-refractivity contribution in [3.63, 3.8) is 0 Å². The topological polar surface area (TPSA) is 84.9 Å². The van der Waals surface area contributed by atoms with Gasteiger partial charge >= 0.3 is 6.03 Å². The molecule has 41 heavy (non-hydrogen) atoms. The summed E-state index contributed by atoms with van der Waals surface area (Å²) in [6.45, 7) is 0.359. The number of carbonyl (C=O) groups is 3. The van der Waals surface area contributed by atoms with Crippen LogP contribution < -0.4 is 19.7 Å². The zero-order valence-corrected chi connectivity index (χ0v) is 22.7. The third-order valence-corrected chi connectivity index (χ3v) is 6.76. The van der Waals surface area contributed by atoms with Gasteiger partial charge < -0.3 is 9.47 Å². The summed E-state index contributed by atoms with van der Waals surface area (Å²) in [5.74, 6) is -1.05. The quantitative estimate of drug-likeness (QED) is 0.198. The molecular formula is C32H24ClFN2O5. The predicted molar refractivity (Wildman–Crippen MR) is 153 cm³/mol. The number of anilines is 1. The highest BCUT2D eigenvalue weighted by atomic mass is 35.5. The van der Waals surface area contributed by atoms with Crippen LogP contribution in [0, 0.1) is 5.82 Å². The lowest BCUT2D eigenvalue weighted by Crippen LogP contribution is -2.54. The van der Waals surface area contributed by atoms with Gasteiger partial charge in [0.1, 0.15) is 29.5 Å². The predicted octanol–water partition coefficient (Wildman–Crippen LogP) is 6.32. The smallest absolute Gasteiger partial charge is 0.335 e. The lowest BCUT2D eigenvalue weighted by molar-refractivity contribution is -0.122. The molecular weight excluding hydrogens is 547 g/mol. The Balaban J connectivity index is 1.38. The zero-order valence-electron chi connectivity index (χ0n) is 21.9. The van der Waals surface area contributed by atoms with Gasteiger partial charge in [-0.3, -0.25) is 14.9 Å². The number of amides is 4. The van der Waals surface area contributed by atoms with Crippen molar-refractivity contribution in [3.8, 4) is 11.5 Å². The van der Waals surface area contributed by atoms with E-state index in [-0.39, 0.29) is 17.1 Å². The molecule has 4 aromatic rings. The molecule has 1 N–H and O–H groups in total. The number of benzene rings is 4. The molecule has 9 heteroatoms. The van der Waals surface area contributed by atoms with Crippen LogP contribution in [0.1, 0.15) is 22.3 Å². The Kier molecular flexibility index (Phi) is 8.12. The first-order valence-electron chi connectivity index (χ1n) is 12.6. The number of halogens is 2. The number of methoxy groups -OCH3 is 1. The fourth-order valence-electron chi connectivity index (χ4n) is 4.41. The third kappa shape index (κ3) is 6.28. The Morgan fingerprint density at radius 3 is 2.34 bits per heavy atom. The zero-order chi connectivity index (χ0) is 28.9. The van der Waals surface area contributed by atoms with Crippen LogP contribution in [0.15, 0.2) is 96.6 Å². The molecule has 1 fully saturated rings. The molecule has 0 saturated carbocycles. The molecule has 0 radical (unpaired) electrons. The van der Waals surface area contributed by atoms with E-state index >= 15 is 0 Å². The van der Waals surface area contributed by atoms with Gasteiger partial charge in [0.15, 0.2) is 0 Å². The normalized spacial score (nSPS) is 14.3. The summed E-state index contributed by atoms with van der Waals surface area (Å²) in [4.78, 5) is 39.6. The van der Waals surface area contributed by atoms with Crippen LogP contribution in [0.25, 0.3) is 6.08 Å². The van der Waals surface area contributed by atoms with Crippen molar-refractivity contribution in [1.29, 1.82) is 0 Å². The van der Waals surface area contributed by atoms with Crippen molar-refractivity contribution in [2.45, 2.75) is 13.0 Å². The Morgan fingerprint density at radius 1 is 0.902 bits per heavy atom. The molecule has 0 aliphatic carbocycles. The maximum absolute atomic E-state index is 13.7. The summed E-state index contributed by atoms with van der Waals surface area (Å²) in [6.07, 6.45) is 1.65. The second kappa shape index (κ2) is 12.1. The average Bonchev–Trinajstić information content (AvgIpc) is 2.96. The molecule has 5 rings (SSSR count). The van der Waals surface area contributed by atoms with Gasteiger partial charge in [0.25, 0.3) is 11.8 Å². The number of ether oxygens (including phenoxy) is 2. The van der Waals surface area contributed by atoms with Crippen LogP contribution in [0.4, 0.5) is 14.9 Å². The van der Waals surface area contributed by atoms with E-state index in [0.29, 0.717) is 46.2 Å². The number of nitrogens with one attached hydrogen (secondary N) is 1. The minimum absolute atomic E-state index is 0.259. The first-order valence-corrected chi connectivity index (χ1v) is 13.0. The van der Waals surface area contributed by atoms with E-state index < -0.39 is 17.8 Å². The SMILES string of the molecule is COc1cc(/C=C2\C(=O)NC(=O)N(c3ccc(OCc4ccccc4)cc3)C2=O)cc(Cl)c1Cc1cccc(F)c1. The van der Waals surface area contributed by atoms with Crippen molar-refractivity contribution < 1.29 is 28.2 Å². The summed E-state index contributed by atoms with van der Waals surface area (Å²) in [7, 11) is 1.46. The van der Waals surface area contributed by atoms with Crippen molar-refractivity contribution in [2.24, 2.45) is 0 Å². The number of nitrogens with zero attached hydrogens (tertiary/aromatic N) is 1. The van der Waals surface area contributed by atoms with Gasteiger partial charge in [0, 0.05) is 17.0 Å². The summed E-state index contributed by atoms with van der Waals surface area (Å²) >= 11 is 6.56. The number of rotatable bonds is 8. The Morgan fingerprint density at radius 2 is 1.63 bits per heavy atom. The molecule has 1 saturated heterocycles. The lowest BCUT2D eigenvalue weighted by atomic mass is 10.00. The summed E-state index contributed by atoms with van der Waals surface area (Å²) in [5.41, 5.74) is 2.72. The van der Waals surface area contributed by atoms with E-state index in [1.807, 2.05) is 30.3 Å². The number of urea groups is 1. The maximum atomic E-state index is 13.7. The maximum Gasteiger partial charge on any atom is 0.335 e. The molecule has 4 amide bonds. The van der Waals surface area contributed by atoms with E-state index in [2.05, 4.69) is 5.32 Å². The van der Waals surface area contributed by atoms with E-state index in [0.717, 1.165) is 10.5 Å². The largest absolute Gasteiger partial charge is 0.496 e. The Labute approximate surface area is 240 Å². The number of hydrogen-bond donors (Lipinski definition) is 1. The first-order chi connectivity index (χ1) is 19.8. The number of hydrogen-bond acceptors (Lipinski definition) is 5. The van der Waals surface area contributed by atoms with Crippen LogP contribution >= 0.6 is 11.6 Å². The first kappa shape index (κ1) is 27.6. The number of imide groups is 2. The molecule has 0 atom stereocenters. The highest BCUT2D eigenvalue weighted by molar-refractivity contribution is 6.39. The van der Waals surface area contributed by atoms with Gasteiger partial charge in [-0.05, 0) is 71.3 Å². The molecule has 1 aliphatic rings. The van der Waals surface area contributed by atoms with Gasteiger partial charge in [-0.15, -0.1) is 0 Å². The molecule has 7 nitrogen and oxygen atoms in total. The van der Waals surface area contributed by atoms with Crippen LogP contribution in [0.2, 0.25) is 5.02 Å². The van der Waals surface area contributed by atoms with Gasteiger partial charge in [0.05, 0.1) is 12.8 Å². The summed E-state index contributed by atoms with van der Waals surface area (Å²) in [5, 5.41) is 2.52. The van der Waals surface area contributed by atoms with E-state index in [9.17, 15) is 18.8 Å². The number of carbonyl (C=O) groups excluding carboxylic acids is 3. The molecule has 206 valence electrons. The van der Waals surface area contributed by atoms with E-state index in [1.165, 1.54) is 25.3 Å². The minimum Gasteiger partial charge on any atom is -0.496 e. The van der Waals surface area contributed by atoms with Crippen molar-refractivity contribution in [2.75, 3.05) is 12.0 Å². The van der Waals surface area contributed by atoms with Crippen molar-refractivity contribution in [3.05, 3.63) is 130 Å². The minimum atomic E-state index is -0.865. The van der Waals surface area contributed by atoms with Crippen LogP contribution in [0.3, 0.4) is 0 Å². The van der Waals surface area contributed by atoms with Crippen molar-refractivity contribution in [1.82, 2.24) is 5.32 Å². The molecule has 0 spiro atoms. The summed E-state index contributed by atoms with van der Waals surface area (Å²) in [6, 6.07) is 24.5. The second-order valence-electron chi connectivity index (χ2n) is 9.22. The molecule has 1 aliphatic heterocycles. The van der Waals surface area contributed by atoms with E-state index in [4.69, 9.17) is 21.1 Å². The van der Waals surface area contributed by atoms with Gasteiger partial charge in [0.2, 0.25) is 0 Å². The monoisotopic (exact) mass is 570 g/mol. The van der Waals surface area contributed by atoms with Gasteiger partial charge in [-0.2, -0.15) is 0 Å².